The molecule has 15 nitrogen and oxygen atoms in total. The molecule has 15 heteroatoms. The van der Waals surface area contributed by atoms with Gasteiger partial charge in [0.25, 0.3) is 0 Å². The van der Waals surface area contributed by atoms with Crippen LogP contribution in [0.15, 0.2) is 0 Å². The van der Waals surface area contributed by atoms with Crippen LogP contribution in [-0.2, 0) is 18.9 Å². The van der Waals surface area contributed by atoms with Crippen molar-refractivity contribution in [1.82, 2.24) is 0 Å². The van der Waals surface area contributed by atoms with Crippen LogP contribution in [0, 0.1) is 0 Å². The van der Waals surface area contributed by atoms with Gasteiger partial charge in [0, 0.05) is 18.6 Å². The van der Waals surface area contributed by atoms with Gasteiger partial charge in [-0.05, 0) is 6.42 Å². The number of aliphatic hydroxyl groups excluding tert-OH is 6. The summed E-state index contributed by atoms with van der Waals surface area (Å²) in [4.78, 5) is 0. The lowest BCUT2D eigenvalue weighted by atomic mass is 9.84. The van der Waals surface area contributed by atoms with E-state index in [2.05, 4.69) is 0 Å². The van der Waals surface area contributed by atoms with E-state index < -0.39 is 98.3 Å². The largest absolute Gasteiger partial charge is 0.394 e. The molecule has 0 amide bonds. The van der Waals surface area contributed by atoms with Gasteiger partial charge >= 0.3 is 0 Å². The zero-order chi connectivity index (χ0) is 24.6. The second-order valence-electron chi connectivity index (χ2n) is 8.88. The van der Waals surface area contributed by atoms with E-state index in [9.17, 15) is 30.6 Å². The summed E-state index contributed by atoms with van der Waals surface area (Å²) in [5.74, 6) is 0. The standard InChI is InChI=1S/C18H37N5O10/c19-2-6-11(26)12(27)9(23)17(30-6)32-15-4(20)1-5(21)16(14(15)29)33-18-13(28)8(22)10(25)7(3-24)31-18/h4-18,24-29H,1-3,19-23H2/t4-,5+,6+,7+,8-,9+,10+,11+,12+,13+,14-,15+,16-,17+,18?/m0/s1. The fraction of sp³-hybridized carbons (Fsp3) is 1.00. The molecule has 1 saturated carbocycles. The molecule has 0 spiro atoms. The molecule has 0 aromatic rings. The zero-order valence-electron chi connectivity index (χ0n) is 18.0. The van der Waals surface area contributed by atoms with E-state index in [0.717, 1.165) is 0 Å². The lowest BCUT2D eigenvalue weighted by Gasteiger charge is -2.48. The first-order valence-electron chi connectivity index (χ1n) is 10.9. The molecule has 3 aliphatic rings. The highest BCUT2D eigenvalue weighted by molar-refractivity contribution is 5.01. The van der Waals surface area contributed by atoms with Crippen LogP contribution in [0.3, 0.4) is 0 Å². The maximum atomic E-state index is 11.0. The summed E-state index contributed by atoms with van der Waals surface area (Å²) < 4.78 is 22.5. The van der Waals surface area contributed by atoms with Crippen molar-refractivity contribution in [2.75, 3.05) is 13.2 Å². The summed E-state index contributed by atoms with van der Waals surface area (Å²) in [6.07, 6.45) is -13.9. The van der Waals surface area contributed by atoms with Crippen molar-refractivity contribution in [3.05, 3.63) is 0 Å². The molecular formula is C18H37N5O10. The highest BCUT2D eigenvalue weighted by Crippen LogP contribution is 2.30. The third kappa shape index (κ3) is 5.32. The van der Waals surface area contributed by atoms with E-state index >= 15 is 0 Å². The van der Waals surface area contributed by atoms with Gasteiger partial charge in [0.15, 0.2) is 12.6 Å². The van der Waals surface area contributed by atoms with Crippen molar-refractivity contribution < 1.29 is 49.6 Å². The van der Waals surface area contributed by atoms with Gasteiger partial charge in [-0.3, -0.25) is 0 Å². The van der Waals surface area contributed by atoms with Gasteiger partial charge in [-0.25, -0.2) is 0 Å². The predicted molar refractivity (Wildman–Crippen MR) is 110 cm³/mol. The molecule has 0 bridgehead atoms. The molecule has 2 heterocycles. The number of rotatable bonds is 6. The van der Waals surface area contributed by atoms with Crippen LogP contribution in [0.25, 0.3) is 0 Å². The highest BCUT2D eigenvalue weighted by Gasteiger charge is 2.51. The first kappa shape index (κ1) is 27.0. The predicted octanol–water partition coefficient (Wildman–Crippen LogP) is -7.33. The van der Waals surface area contributed by atoms with Crippen LogP contribution >= 0.6 is 0 Å². The fourth-order valence-corrected chi connectivity index (χ4v) is 4.45. The summed E-state index contributed by atoms with van der Waals surface area (Å²) in [6, 6.07) is -3.92. The van der Waals surface area contributed by atoms with Crippen LogP contribution in [0.5, 0.6) is 0 Å². The van der Waals surface area contributed by atoms with Crippen molar-refractivity contribution in [2.24, 2.45) is 28.7 Å². The van der Waals surface area contributed by atoms with Crippen LogP contribution in [0.1, 0.15) is 6.42 Å². The van der Waals surface area contributed by atoms with Crippen LogP contribution in [-0.4, -0.2) is 135 Å². The average Bonchev–Trinajstić information content (AvgIpc) is 2.79. The number of nitrogens with two attached hydrogens (primary N) is 5. The van der Waals surface area contributed by atoms with Gasteiger partial charge in [-0.2, -0.15) is 0 Å². The van der Waals surface area contributed by atoms with Crippen molar-refractivity contribution in [2.45, 2.75) is 98.1 Å². The van der Waals surface area contributed by atoms with Crippen LogP contribution in [0.2, 0.25) is 0 Å². The van der Waals surface area contributed by atoms with Gasteiger partial charge in [-0.15, -0.1) is 0 Å². The van der Waals surface area contributed by atoms with Gasteiger partial charge in [-0.1, -0.05) is 0 Å². The monoisotopic (exact) mass is 483 g/mol. The third-order valence-electron chi connectivity index (χ3n) is 6.56. The van der Waals surface area contributed by atoms with Gasteiger partial charge in [0.1, 0.15) is 54.9 Å². The van der Waals surface area contributed by atoms with E-state index in [4.69, 9.17) is 47.6 Å². The molecule has 1 unspecified atom stereocenters. The third-order valence-corrected chi connectivity index (χ3v) is 6.56. The van der Waals surface area contributed by atoms with Crippen molar-refractivity contribution in [3.63, 3.8) is 0 Å². The molecule has 15 atom stereocenters. The van der Waals surface area contributed by atoms with E-state index in [1.807, 2.05) is 0 Å². The summed E-state index contributed by atoms with van der Waals surface area (Å²) >= 11 is 0. The Morgan fingerprint density at radius 1 is 0.667 bits per heavy atom. The van der Waals surface area contributed by atoms with Crippen LogP contribution < -0.4 is 28.7 Å². The second kappa shape index (κ2) is 11.0. The Balaban J connectivity index is 1.72. The Labute approximate surface area is 190 Å². The molecule has 16 N–H and O–H groups in total. The summed E-state index contributed by atoms with van der Waals surface area (Å²) in [6.45, 7) is -0.694. The van der Waals surface area contributed by atoms with Crippen molar-refractivity contribution >= 4 is 0 Å². The number of hydrogen-bond donors (Lipinski definition) is 11. The molecule has 2 saturated heterocycles. The topological polar surface area (TPSA) is 288 Å². The number of ether oxygens (including phenoxy) is 4. The molecular weight excluding hydrogens is 446 g/mol. The minimum Gasteiger partial charge on any atom is -0.394 e. The Morgan fingerprint density at radius 2 is 1.21 bits per heavy atom. The van der Waals surface area contributed by atoms with Gasteiger partial charge < -0.3 is 78.3 Å². The lowest BCUT2D eigenvalue weighted by Crippen LogP contribution is -2.69. The summed E-state index contributed by atoms with van der Waals surface area (Å²) in [7, 11) is 0. The molecule has 194 valence electrons. The maximum Gasteiger partial charge on any atom is 0.186 e. The maximum absolute atomic E-state index is 11.0. The lowest BCUT2D eigenvalue weighted by molar-refractivity contribution is -0.318. The molecule has 0 aromatic heterocycles. The Kier molecular flexibility index (Phi) is 8.99. The molecule has 2 aliphatic heterocycles. The fourth-order valence-electron chi connectivity index (χ4n) is 4.45. The smallest absolute Gasteiger partial charge is 0.186 e. The van der Waals surface area contributed by atoms with Gasteiger partial charge in [0.2, 0.25) is 0 Å². The quantitative estimate of drug-likeness (QED) is 0.167. The zero-order valence-corrected chi connectivity index (χ0v) is 18.0. The first-order chi connectivity index (χ1) is 15.5. The minimum absolute atomic E-state index is 0.115. The first-order valence-corrected chi connectivity index (χ1v) is 10.9. The van der Waals surface area contributed by atoms with Crippen molar-refractivity contribution in [3.8, 4) is 0 Å². The minimum atomic E-state index is -1.48. The molecule has 0 radical (unpaired) electrons. The summed E-state index contributed by atoms with van der Waals surface area (Å²) in [5.41, 5.74) is 29.6. The second-order valence-corrected chi connectivity index (χ2v) is 8.88. The van der Waals surface area contributed by atoms with E-state index in [1.165, 1.54) is 0 Å². The SMILES string of the molecule is NC[C@H]1O[C@H](O[C@H]2[C@H](O)[C@@H](OC3O[C@H](CO)[C@@H](O)[C@H](N)[C@H]3O)[C@H](N)C[C@@H]2N)[C@H](N)[C@@H](O)[C@@H]1O. The summed E-state index contributed by atoms with van der Waals surface area (Å²) in [5, 5.41) is 60.9. The molecule has 3 fully saturated rings. The molecule has 33 heavy (non-hydrogen) atoms. The normalized spacial score (nSPS) is 53.7. The number of aliphatic hydroxyl groups is 6. The van der Waals surface area contributed by atoms with E-state index in [-0.39, 0.29) is 13.0 Å². The highest BCUT2D eigenvalue weighted by atomic mass is 16.7. The molecule has 1 aliphatic carbocycles. The van der Waals surface area contributed by atoms with E-state index in [1.54, 1.807) is 0 Å². The van der Waals surface area contributed by atoms with Crippen LogP contribution in [0.4, 0.5) is 0 Å². The average molecular weight is 484 g/mol. The number of hydrogen-bond acceptors (Lipinski definition) is 15. The Morgan fingerprint density at radius 3 is 1.76 bits per heavy atom. The van der Waals surface area contributed by atoms with E-state index in [0.29, 0.717) is 0 Å². The molecule has 0 aromatic carbocycles. The van der Waals surface area contributed by atoms with Crippen molar-refractivity contribution in [1.29, 1.82) is 0 Å². The van der Waals surface area contributed by atoms with Gasteiger partial charge in [0.05, 0.1) is 18.7 Å². The Bertz CT molecular complexity index is 585. The molecule has 3 rings (SSSR count). The Hall–Kier alpha value is -0.600.